The van der Waals surface area contributed by atoms with E-state index < -0.39 is 23.7 Å². The van der Waals surface area contributed by atoms with Gasteiger partial charge in [-0.3, -0.25) is 4.90 Å². The van der Waals surface area contributed by atoms with E-state index in [9.17, 15) is 14.4 Å². The Balaban J connectivity index is 2.07. The first-order valence-electron chi connectivity index (χ1n) is 9.27. The molecule has 0 saturated carbocycles. The summed E-state index contributed by atoms with van der Waals surface area (Å²) in [5, 5.41) is 1.77. The van der Waals surface area contributed by atoms with Gasteiger partial charge in [0.1, 0.15) is 5.75 Å². The molecule has 1 aliphatic heterocycles. The molecular weight excluding hydrogens is 437 g/mol. The van der Waals surface area contributed by atoms with E-state index in [0.717, 1.165) is 5.06 Å². The number of urea groups is 1. The van der Waals surface area contributed by atoms with Crippen LogP contribution >= 0.6 is 23.2 Å². The quantitative estimate of drug-likeness (QED) is 0.334. The van der Waals surface area contributed by atoms with Crippen LogP contribution in [0.25, 0.3) is 0 Å². The molecule has 1 heterocycles. The van der Waals surface area contributed by atoms with Crippen molar-refractivity contribution in [3.8, 4) is 5.75 Å². The van der Waals surface area contributed by atoms with Crippen LogP contribution in [0.4, 0.5) is 4.79 Å². The Kier molecular flexibility index (Phi) is 8.17. The second kappa shape index (κ2) is 10.2. The SMILES string of the molecule is CN(C)CCN1OC(=O)C(=O)OC(C)(C)N(CCCOc2cc(Cl)cc(Cl)c2)C1=O. The number of likely N-dealkylation sites (N-methyl/N-ethyl adjacent to an activating group) is 1. The van der Waals surface area contributed by atoms with Crippen LogP contribution < -0.4 is 4.74 Å². The van der Waals surface area contributed by atoms with E-state index in [-0.39, 0.29) is 19.7 Å². The maximum absolute atomic E-state index is 13.0. The van der Waals surface area contributed by atoms with E-state index in [1.165, 1.54) is 18.7 Å². The topological polar surface area (TPSA) is 88.6 Å². The van der Waals surface area contributed by atoms with Gasteiger partial charge >= 0.3 is 18.0 Å². The number of halogens is 2. The van der Waals surface area contributed by atoms with Gasteiger partial charge in [0.25, 0.3) is 0 Å². The molecule has 0 spiro atoms. The predicted octanol–water partition coefficient (Wildman–Crippen LogP) is 2.80. The first-order valence-corrected chi connectivity index (χ1v) is 10.0. The van der Waals surface area contributed by atoms with Gasteiger partial charge in [0.05, 0.1) is 13.2 Å². The summed E-state index contributed by atoms with van der Waals surface area (Å²) in [5.41, 5.74) is -1.36. The summed E-state index contributed by atoms with van der Waals surface area (Å²) >= 11 is 11.9. The molecule has 1 aromatic rings. The Morgan fingerprint density at radius 1 is 1.03 bits per heavy atom. The number of esters is 1. The van der Waals surface area contributed by atoms with Gasteiger partial charge in [-0.2, -0.15) is 5.06 Å². The summed E-state index contributed by atoms with van der Waals surface area (Å²) in [5.74, 6) is -1.91. The number of hydrogen-bond acceptors (Lipinski definition) is 7. The van der Waals surface area contributed by atoms with Gasteiger partial charge in [0.15, 0.2) is 5.72 Å². The van der Waals surface area contributed by atoms with Crippen LogP contribution in [0.5, 0.6) is 5.75 Å². The number of cyclic esters (lactones) is 1. The largest absolute Gasteiger partial charge is 0.493 e. The van der Waals surface area contributed by atoms with Crippen LogP contribution in [0.1, 0.15) is 20.3 Å². The molecule has 30 heavy (non-hydrogen) atoms. The van der Waals surface area contributed by atoms with Gasteiger partial charge in [0.2, 0.25) is 0 Å². The van der Waals surface area contributed by atoms with Gasteiger partial charge in [-0.05, 0) is 52.6 Å². The fourth-order valence-electron chi connectivity index (χ4n) is 2.69. The molecule has 2 amide bonds. The van der Waals surface area contributed by atoms with Gasteiger partial charge in [-0.25, -0.2) is 14.4 Å². The number of carbonyl (C=O) groups is 3. The first kappa shape index (κ1) is 24.0. The summed E-state index contributed by atoms with van der Waals surface area (Å²) in [6, 6.07) is 4.26. The van der Waals surface area contributed by atoms with Crippen molar-refractivity contribution >= 4 is 41.2 Å². The molecule has 9 nitrogen and oxygen atoms in total. The molecule has 1 fully saturated rings. The summed E-state index contributed by atoms with van der Waals surface area (Å²) in [6.45, 7) is 4.02. The van der Waals surface area contributed by atoms with Crippen molar-refractivity contribution in [3.63, 3.8) is 0 Å². The molecule has 0 radical (unpaired) electrons. The van der Waals surface area contributed by atoms with E-state index >= 15 is 0 Å². The maximum Gasteiger partial charge on any atom is 0.441 e. The summed E-state index contributed by atoms with van der Waals surface area (Å²) in [6.07, 6.45) is 0.409. The number of hydroxylamine groups is 2. The zero-order valence-corrected chi connectivity index (χ0v) is 18.8. The maximum atomic E-state index is 13.0. The van der Waals surface area contributed by atoms with Gasteiger partial charge in [-0.15, -0.1) is 0 Å². The second-order valence-corrected chi connectivity index (χ2v) is 8.23. The molecule has 2 rings (SSSR count). The number of hydrogen-bond donors (Lipinski definition) is 0. The van der Waals surface area contributed by atoms with Crippen LogP contribution in [0.3, 0.4) is 0 Å². The van der Waals surface area contributed by atoms with E-state index in [2.05, 4.69) is 0 Å². The standard InChI is InChI=1S/C19H25Cl2N3O6/c1-19(2)23(6-5-9-28-15-11-13(20)10-14(21)12-15)18(27)24(8-7-22(3)4)30-17(26)16(25)29-19/h10-12H,5-9H2,1-4H3. The van der Waals surface area contributed by atoms with Crippen molar-refractivity contribution in [2.75, 3.05) is 40.3 Å². The number of ether oxygens (including phenoxy) is 2. The van der Waals surface area contributed by atoms with Crippen LogP contribution in [0, 0.1) is 0 Å². The van der Waals surface area contributed by atoms with Gasteiger partial charge in [-0.1, -0.05) is 23.2 Å². The molecule has 11 heteroatoms. The Hall–Kier alpha value is -2.23. The highest BCUT2D eigenvalue weighted by Gasteiger charge is 2.43. The number of nitrogens with zero attached hydrogens (tertiary/aromatic N) is 3. The number of benzene rings is 1. The van der Waals surface area contributed by atoms with Crippen LogP contribution in [0.15, 0.2) is 18.2 Å². The third kappa shape index (κ3) is 6.65. The molecule has 0 unspecified atom stereocenters. The lowest BCUT2D eigenvalue weighted by Crippen LogP contribution is -2.59. The third-order valence-corrected chi connectivity index (χ3v) is 4.61. The number of carbonyl (C=O) groups excluding carboxylic acids is 3. The molecule has 166 valence electrons. The summed E-state index contributed by atoms with van der Waals surface area (Å²) in [4.78, 5) is 44.9. The molecule has 0 bridgehead atoms. The zero-order valence-electron chi connectivity index (χ0n) is 17.3. The minimum atomic E-state index is -1.36. The average molecular weight is 462 g/mol. The lowest BCUT2D eigenvalue weighted by Gasteiger charge is -2.41. The van der Waals surface area contributed by atoms with Crippen LogP contribution in [0.2, 0.25) is 10.0 Å². The highest BCUT2D eigenvalue weighted by molar-refractivity contribution is 6.34. The Labute approximate surface area is 185 Å². The Morgan fingerprint density at radius 3 is 2.27 bits per heavy atom. The molecule has 1 saturated heterocycles. The van der Waals surface area contributed by atoms with E-state index in [1.807, 2.05) is 19.0 Å². The van der Waals surface area contributed by atoms with Crippen LogP contribution in [-0.2, 0) is 19.2 Å². The summed E-state index contributed by atoms with van der Waals surface area (Å²) in [7, 11) is 3.62. The lowest BCUT2D eigenvalue weighted by molar-refractivity contribution is -0.215. The van der Waals surface area contributed by atoms with Crippen molar-refractivity contribution in [1.82, 2.24) is 14.9 Å². The van der Waals surface area contributed by atoms with E-state index in [0.29, 0.717) is 28.8 Å². The number of amides is 2. The smallest absolute Gasteiger partial charge is 0.441 e. The highest BCUT2D eigenvalue weighted by Crippen LogP contribution is 2.25. The Bertz CT molecular complexity index is 782. The monoisotopic (exact) mass is 461 g/mol. The normalized spacial score (nSPS) is 16.8. The van der Waals surface area contributed by atoms with E-state index in [1.54, 1.807) is 18.2 Å². The molecule has 0 N–H and O–H groups in total. The van der Waals surface area contributed by atoms with Crippen molar-refractivity contribution in [1.29, 1.82) is 0 Å². The Morgan fingerprint density at radius 2 is 1.67 bits per heavy atom. The number of rotatable bonds is 8. The predicted molar refractivity (Wildman–Crippen MR) is 110 cm³/mol. The third-order valence-electron chi connectivity index (χ3n) is 4.18. The lowest BCUT2D eigenvalue weighted by atomic mass is 10.2. The van der Waals surface area contributed by atoms with Crippen molar-refractivity contribution in [2.24, 2.45) is 0 Å². The van der Waals surface area contributed by atoms with Crippen molar-refractivity contribution in [3.05, 3.63) is 28.2 Å². The van der Waals surface area contributed by atoms with Crippen molar-refractivity contribution < 1.29 is 28.7 Å². The summed E-state index contributed by atoms with van der Waals surface area (Å²) < 4.78 is 10.8. The fraction of sp³-hybridized carbons (Fsp3) is 0.526. The fourth-order valence-corrected chi connectivity index (χ4v) is 3.19. The van der Waals surface area contributed by atoms with Gasteiger partial charge in [0, 0.05) is 23.1 Å². The first-order chi connectivity index (χ1) is 14.0. The van der Waals surface area contributed by atoms with E-state index in [4.69, 9.17) is 37.5 Å². The van der Waals surface area contributed by atoms with Crippen LogP contribution in [-0.4, -0.2) is 78.9 Å². The zero-order chi connectivity index (χ0) is 22.5. The minimum Gasteiger partial charge on any atom is -0.493 e. The molecule has 0 aliphatic carbocycles. The molecule has 1 aliphatic rings. The highest BCUT2D eigenvalue weighted by atomic mass is 35.5. The second-order valence-electron chi connectivity index (χ2n) is 7.36. The van der Waals surface area contributed by atoms with Gasteiger partial charge < -0.3 is 19.2 Å². The van der Waals surface area contributed by atoms with Crippen molar-refractivity contribution in [2.45, 2.75) is 26.0 Å². The molecule has 0 atom stereocenters. The molecular formula is C19H25Cl2N3O6. The molecule has 0 aromatic heterocycles. The average Bonchev–Trinajstić information content (AvgIpc) is 2.62. The minimum absolute atomic E-state index is 0.0922. The molecule has 1 aromatic carbocycles.